The van der Waals surface area contributed by atoms with Gasteiger partial charge in [-0.15, -0.1) is 9.35 Å². The molecule has 2 atom stereocenters. The fraction of sp³-hybridized carbons (Fsp3) is 1.00. The second-order valence-electron chi connectivity index (χ2n) is 9.58. The third-order valence-corrected chi connectivity index (χ3v) is 4.19. The van der Waals surface area contributed by atoms with Gasteiger partial charge in [0.05, 0.1) is 13.2 Å². The lowest BCUT2D eigenvalue weighted by Crippen LogP contribution is -2.13. The van der Waals surface area contributed by atoms with Gasteiger partial charge in [0.25, 0.3) is 0 Å². The van der Waals surface area contributed by atoms with Gasteiger partial charge < -0.3 is 0 Å². The summed E-state index contributed by atoms with van der Waals surface area (Å²) in [5.41, 5.74) is 0.487. The van der Waals surface area contributed by atoms with Crippen LogP contribution >= 0.6 is 7.82 Å². The summed E-state index contributed by atoms with van der Waals surface area (Å²) in [6.45, 7) is 17.8. The molecular formula is C18H39O6P. The summed E-state index contributed by atoms with van der Waals surface area (Å²) < 4.78 is 20.5. The van der Waals surface area contributed by atoms with Crippen molar-refractivity contribution in [2.24, 2.45) is 22.7 Å². The predicted molar refractivity (Wildman–Crippen MR) is 99.6 cm³/mol. The van der Waals surface area contributed by atoms with Gasteiger partial charge in [-0.1, -0.05) is 55.4 Å². The summed E-state index contributed by atoms with van der Waals surface area (Å²) in [4.78, 5) is 19.1. The summed E-state index contributed by atoms with van der Waals surface area (Å²) in [5.74, 6) is 0.867. The second-order valence-corrected chi connectivity index (χ2v) is 10.8. The van der Waals surface area contributed by atoms with Crippen molar-refractivity contribution >= 4 is 7.82 Å². The van der Waals surface area contributed by atoms with Crippen LogP contribution in [-0.2, 0) is 23.7 Å². The Morgan fingerprint density at radius 3 is 1.40 bits per heavy atom. The van der Waals surface area contributed by atoms with E-state index >= 15 is 0 Å². The normalized spacial score (nSPS) is 18.0. The molecule has 1 N–H and O–H groups in total. The van der Waals surface area contributed by atoms with Crippen molar-refractivity contribution in [3.8, 4) is 0 Å². The Labute approximate surface area is 154 Å². The summed E-state index contributed by atoms with van der Waals surface area (Å²) >= 11 is 0. The highest BCUT2D eigenvalue weighted by Gasteiger charge is 2.25. The smallest absolute Gasteiger partial charge is 0.299 e. The largest absolute Gasteiger partial charge is 0.526 e. The Kier molecular flexibility index (Phi) is 11.0. The lowest BCUT2D eigenvalue weighted by Gasteiger charge is -2.23. The quantitative estimate of drug-likeness (QED) is 0.196. The monoisotopic (exact) mass is 382 g/mol. The molecule has 7 heteroatoms. The van der Waals surface area contributed by atoms with Gasteiger partial charge in [-0.2, -0.15) is 0 Å². The molecule has 0 rings (SSSR count). The van der Waals surface area contributed by atoms with Gasteiger partial charge in [-0.05, 0) is 48.3 Å². The fourth-order valence-electron chi connectivity index (χ4n) is 3.01. The highest BCUT2D eigenvalue weighted by Crippen LogP contribution is 2.43. The minimum atomic E-state index is -4.34. The molecular weight excluding hydrogens is 343 g/mol. The maximum Gasteiger partial charge on any atom is 0.526 e. The zero-order valence-corrected chi connectivity index (χ0v) is 18.2. The van der Waals surface area contributed by atoms with Gasteiger partial charge in [0.1, 0.15) is 0 Å². The molecule has 152 valence electrons. The maximum atomic E-state index is 11.6. The highest BCUT2D eigenvalue weighted by molar-refractivity contribution is 7.47. The van der Waals surface area contributed by atoms with Crippen LogP contribution in [0.2, 0.25) is 0 Å². The van der Waals surface area contributed by atoms with Crippen LogP contribution in [0, 0.1) is 22.7 Å². The Morgan fingerprint density at radius 2 is 1.12 bits per heavy atom. The number of phosphoric acid groups is 1. The summed E-state index contributed by atoms with van der Waals surface area (Å²) in [6.07, 6.45) is 3.56. The molecule has 0 saturated carbocycles. The van der Waals surface area contributed by atoms with Crippen molar-refractivity contribution in [3.63, 3.8) is 0 Å². The number of hydrogen-bond acceptors (Lipinski definition) is 5. The van der Waals surface area contributed by atoms with E-state index in [9.17, 15) is 9.46 Å². The average molecular weight is 382 g/mol. The lowest BCUT2D eigenvalue weighted by atomic mass is 9.84. The van der Waals surface area contributed by atoms with Crippen LogP contribution in [0.25, 0.3) is 0 Å². The van der Waals surface area contributed by atoms with E-state index in [0.29, 0.717) is 11.8 Å². The molecule has 0 aliphatic carbocycles. The molecule has 25 heavy (non-hydrogen) atoms. The van der Waals surface area contributed by atoms with Crippen LogP contribution in [0.15, 0.2) is 0 Å². The topological polar surface area (TPSA) is 74.2 Å². The minimum absolute atomic E-state index is 0.230. The van der Waals surface area contributed by atoms with Crippen molar-refractivity contribution in [1.82, 2.24) is 0 Å². The van der Waals surface area contributed by atoms with E-state index in [1.165, 1.54) is 0 Å². The molecule has 0 aromatic carbocycles. The Balaban J connectivity index is 3.83. The van der Waals surface area contributed by atoms with Crippen molar-refractivity contribution < 1.29 is 28.6 Å². The SMILES string of the molecule is CC(CCOOP(=O)(O)OOCCC(C)CC(C)(C)C)CC(C)(C)C. The molecule has 6 nitrogen and oxygen atoms in total. The van der Waals surface area contributed by atoms with E-state index < -0.39 is 7.82 Å². The van der Waals surface area contributed by atoms with Gasteiger partial charge in [0, 0.05) is 0 Å². The van der Waals surface area contributed by atoms with E-state index in [0.717, 1.165) is 25.7 Å². The van der Waals surface area contributed by atoms with Crippen LogP contribution in [0.1, 0.15) is 81.1 Å². The molecule has 0 aliphatic heterocycles. The van der Waals surface area contributed by atoms with E-state index in [1.54, 1.807) is 0 Å². The van der Waals surface area contributed by atoms with E-state index in [1.807, 2.05) is 0 Å². The van der Waals surface area contributed by atoms with Crippen molar-refractivity contribution in [3.05, 3.63) is 0 Å². The molecule has 0 radical (unpaired) electrons. The van der Waals surface area contributed by atoms with Gasteiger partial charge in [0.2, 0.25) is 0 Å². The molecule has 0 heterocycles. The minimum Gasteiger partial charge on any atom is -0.299 e. The van der Waals surface area contributed by atoms with Gasteiger partial charge >= 0.3 is 7.82 Å². The van der Waals surface area contributed by atoms with E-state index in [-0.39, 0.29) is 24.0 Å². The highest BCUT2D eigenvalue weighted by atomic mass is 31.2. The molecule has 0 fully saturated rings. The molecule has 0 bridgehead atoms. The Morgan fingerprint density at radius 1 is 0.800 bits per heavy atom. The fourth-order valence-corrected chi connectivity index (χ4v) is 3.45. The van der Waals surface area contributed by atoms with Gasteiger partial charge in [-0.3, -0.25) is 4.89 Å². The average Bonchev–Trinajstić information content (AvgIpc) is 2.36. The number of rotatable bonds is 12. The predicted octanol–water partition coefficient (Wildman–Crippen LogP) is 5.91. The summed E-state index contributed by atoms with van der Waals surface area (Å²) in [6, 6.07) is 0. The first-order valence-electron chi connectivity index (χ1n) is 9.15. The van der Waals surface area contributed by atoms with Crippen LogP contribution in [0.4, 0.5) is 0 Å². The molecule has 0 amide bonds. The first-order chi connectivity index (χ1) is 11.2. The van der Waals surface area contributed by atoms with Crippen LogP contribution in [-0.4, -0.2) is 18.1 Å². The van der Waals surface area contributed by atoms with Crippen LogP contribution in [0.5, 0.6) is 0 Å². The van der Waals surface area contributed by atoms with Crippen molar-refractivity contribution in [2.45, 2.75) is 81.1 Å². The number of hydrogen-bond donors (Lipinski definition) is 1. The lowest BCUT2D eigenvalue weighted by molar-refractivity contribution is -0.280. The van der Waals surface area contributed by atoms with Crippen LogP contribution < -0.4 is 0 Å². The van der Waals surface area contributed by atoms with Crippen molar-refractivity contribution in [2.75, 3.05) is 13.2 Å². The standard InChI is InChI=1S/C18H39O6P/c1-15(13-17(3,4)5)9-11-21-23-25(19,20)24-22-12-10-16(2)14-18(6,7)8/h15-16H,9-14H2,1-8H3,(H,19,20). The van der Waals surface area contributed by atoms with Gasteiger partial charge in [0.15, 0.2) is 0 Å². The van der Waals surface area contributed by atoms with Gasteiger partial charge in [-0.25, -0.2) is 14.3 Å². The molecule has 0 aliphatic rings. The maximum absolute atomic E-state index is 11.6. The molecule has 0 spiro atoms. The Hall–Kier alpha value is 0.0300. The molecule has 2 unspecified atom stereocenters. The molecule has 0 aromatic rings. The van der Waals surface area contributed by atoms with Crippen LogP contribution in [0.3, 0.4) is 0 Å². The first kappa shape index (κ1) is 25.0. The van der Waals surface area contributed by atoms with E-state index in [4.69, 9.17) is 9.78 Å². The van der Waals surface area contributed by atoms with E-state index in [2.05, 4.69) is 64.7 Å². The zero-order valence-electron chi connectivity index (χ0n) is 17.3. The Bertz CT molecular complexity index is 365. The zero-order chi connectivity index (χ0) is 19.7. The first-order valence-corrected chi connectivity index (χ1v) is 10.6. The third-order valence-electron chi connectivity index (χ3n) is 3.60. The third kappa shape index (κ3) is 17.2. The van der Waals surface area contributed by atoms with Crippen molar-refractivity contribution in [1.29, 1.82) is 0 Å². The molecule has 0 saturated heterocycles. The summed E-state index contributed by atoms with van der Waals surface area (Å²) in [5, 5.41) is 0. The summed E-state index contributed by atoms with van der Waals surface area (Å²) in [7, 11) is -4.34. The molecule has 0 aromatic heterocycles. The second kappa shape index (κ2) is 11.0.